The third-order valence-corrected chi connectivity index (χ3v) is 6.46. The number of alkyl halides is 6. The molecule has 1 heterocycles. The van der Waals surface area contributed by atoms with E-state index in [0.717, 1.165) is 18.3 Å². The number of carbonyl (C=O) groups is 2. The van der Waals surface area contributed by atoms with Gasteiger partial charge in [0, 0.05) is 11.8 Å². The minimum Gasteiger partial charge on any atom is -0.490 e. The van der Waals surface area contributed by atoms with Gasteiger partial charge < -0.3 is 15.2 Å². The summed E-state index contributed by atoms with van der Waals surface area (Å²) in [7, 11) is 0. The van der Waals surface area contributed by atoms with E-state index in [1.54, 1.807) is 0 Å². The monoisotopic (exact) mass is 540 g/mol. The van der Waals surface area contributed by atoms with Crippen molar-refractivity contribution in [2.45, 2.75) is 50.7 Å². The van der Waals surface area contributed by atoms with Crippen LogP contribution in [0.2, 0.25) is 0 Å². The minimum absolute atomic E-state index is 0.00743. The number of benzene rings is 2. The van der Waals surface area contributed by atoms with E-state index in [0.29, 0.717) is 5.69 Å². The lowest BCUT2D eigenvalue weighted by Gasteiger charge is -2.31. The van der Waals surface area contributed by atoms with Gasteiger partial charge in [-0.15, -0.1) is 0 Å². The first-order valence-corrected chi connectivity index (χ1v) is 11.7. The minimum atomic E-state index is -4.81. The van der Waals surface area contributed by atoms with E-state index in [1.165, 1.54) is 30.3 Å². The summed E-state index contributed by atoms with van der Waals surface area (Å²) in [4.78, 5) is 27.4. The van der Waals surface area contributed by atoms with E-state index < -0.39 is 47.6 Å². The molecule has 38 heavy (non-hydrogen) atoms. The van der Waals surface area contributed by atoms with Crippen molar-refractivity contribution in [3.05, 3.63) is 71.0 Å². The maximum Gasteiger partial charge on any atom is 0.420 e. The second-order valence-electron chi connectivity index (χ2n) is 9.03. The zero-order chi connectivity index (χ0) is 27.7. The van der Waals surface area contributed by atoms with Crippen molar-refractivity contribution >= 4 is 22.6 Å². The molecule has 0 aliphatic heterocycles. The Bertz CT molecular complexity index is 1330. The van der Waals surface area contributed by atoms with Gasteiger partial charge in [0.25, 0.3) is 5.91 Å². The van der Waals surface area contributed by atoms with Crippen LogP contribution in [0.1, 0.15) is 57.7 Å². The van der Waals surface area contributed by atoms with Crippen LogP contribution in [0.15, 0.2) is 48.7 Å². The molecule has 0 saturated heterocycles. The number of aromatic nitrogens is 1. The number of hydrogen-bond acceptors (Lipinski definition) is 4. The number of amides is 1. The SMILES string of the molecule is O=C(O)c1ccc(CNC(=O)c2ccc3c(C(F)(F)F)c(OC4CCC(C(F)(F)F)CC4)ccc3c2)nc1. The summed E-state index contributed by atoms with van der Waals surface area (Å²) in [5.41, 5.74) is -0.600. The fourth-order valence-electron chi connectivity index (χ4n) is 4.46. The highest BCUT2D eigenvalue weighted by molar-refractivity contribution is 5.99. The summed E-state index contributed by atoms with van der Waals surface area (Å²) >= 11 is 0. The smallest absolute Gasteiger partial charge is 0.420 e. The second kappa shape index (κ2) is 10.5. The van der Waals surface area contributed by atoms with Crippen molar-refractivity contribution in [1.82, 2.24) is 10.3 Å². The van der Waals surface area contributed by atoms with E-state index in [9.17, 15) is 35.9 Å². The predicted octanol–water partition coefficient (Wildman–Crippen LogP) is 6.38. The molecule has 1 aromatic heterocycles. The number of fused-ring (bicyclic) bond motifs is 1. The molecule has 0 bridgehead atoms. The number of rotatable bonds is 6. The predicted molar refractivity (Wildman–Crippen MR) is 124 cm³/mol. The first-order chi connectivity index (χ1) is 17.8. The molecule has 1 fully saturated rings. The molecule has 1 amide bonds. The molecule has 12 heteroatoms. The number of carboxylic acid groups (broad SMARTS) is 1. The Morgan fingerprint density at radius 2 is 1.63 bits per heavy atom. The fraction of sp³-hybridized carbons (Fsp3) is 0.346. The summed E-state index contributed by atoms with van der Waals surface area (Å²) in [6, 6.07) is 8.91. The van der Waals surface area contributed by atoms with Crippen molar-refractivity contribution in [1.29, 1.82) is 0 Å². The summed E-state index contributed by atoms with van der Waals surface area (Å²) < 4.78 is 86.4. The Balaban J connectivity index is 1.51. The summed E-state index contributed by atoms with van der Waals surface area (Å²) in [5.74, 6) is -3.67. The number of ether oxygens (including phenoxy) is 1. The number of hydrogen-bond donors (Lipinski definition) is 2. The zero-order valence-electron chi connectivity index (χ0n) is 19.7. The molecule has 0 unspecified atom stereocenters. The quantitative estimate of drug-likeness (QED) is 0.354. The number of aromatic carboxylic acids is 1. The van der Waals surface area contributed by atoms with Gasteiger partial charge in [-0.05, 0) is 66.8 Å². The molecule has 1 aliphatic rings. The summed E-state index contributed by atoms with van der Waals surface area (Å²) in [6.45, 7) is -0.0338. The average molecular weight is 540 g/mol. The van der Waals surface area contributed by atoms with Gasteiger partial charge in [-0.1, -0.05) is 12.1 Å². The molecule has 1 aliphatic carbocycles. The van der Waals surface area contributed by atoms with Crippen LogP contribution in [0.25, 0.3) is 10.8 Å². The fourth-order valence-corrected chi connectivity index (χ4v) is 4.46. The van der Waals surface area contributed by atoms with Crippen LogP contribution >= 0.6 is 0 Å². The molecule has 0 atom stereocenters. The standard InChI is InChI=1S/C26H22F6N2O4/c27-25(28,29)17-4-7-19(8-5-17)38-21-10-3-14-11-15(2-9-20(14)22(21)26(30,31)32)23(35)34-13-18-6-1-16(12-33-18)24(36)37/h1-3,6,9-12,17,19H,4-5,7-8,13H2,(H,34,35)(H,36,37). The van der Waals surface area contributed by atoms with Crippen molar-refractivity contribution in [2.75, 3.05) is 0 Å². The highest BCUT2D eigenvalue weighted by Crippen LogP contribution is 2.44. The third kappa shape index (κ3) is 6.17. The van der Waals surface area contributed by atoms with E-state index in [4.69, 9.17) is 9.84 Å². The van der Waals surface area contributed by atoms with Gasteiger partial charge in [0.1, 0.15) is 11.3 Å². The van der Waals surface area contributed by atoms with E-state index in [-0.39, 0.29) is 54.1 Å². The first kappa shape index (κ1) is 27.2. The van der Waals surface area contributed by atoms with Gasteiger partial charge >= 0.3 is 18.3 Å². The lowest BCUT2D eigenvalue weighted by atomic mass is 9.87. The normalized spacial score (nSPS) is 18.3. The summed E-state index contributed by atoms with van der Waals surface area (Å²) in [6.07, 6.45) is -9.21. The maximum absolute atomic E-state index is 14.0. The van der Waals surface area contributed by atoms with Crippen LogP contribution in [0.4, 0.5) is 26.3 Å². The van der Waals surface area contributed by atoms with Crippen LogP contribution in [0.3, 0.4) is 0 Å². The summed E-state index contributed by atoms with van der Waals surface area (Å²) in [5, 5.41) is 11.4. The average Bonchev–Trinajstić information content (AvgIpc) is 2.86. The Hall–Kier alpha value is -3.83. The Kier molecular flexibility index (Phi) is 7.52. The van der Waals surface area contributed by atoms with Gasteiger partial charge in [0.2, 0.25) is 0 Å². The Labute approximate surface area is 212 Å². The third-order valence-electron chi connectivity index (χ3n) is 6.46. The van der Waals surface area contributed by atoms with Crippen LogP contribution in [-0.4, -0.2) is 34.2 Å². The number of nitrogens with one attached hydrogen (secondary N) is 1. The molecule has 2 N–H and O–H groups in total. The molecular weight excluding hydrogens is 518 g/mol. The number of halogens is 6. The molecule has 6 nitrogen and oxygen atoms in total. The van der Waals surface area contributed by atoms with E-state index >= 15 is 0 Å². The number of carboxylic acids is 1. The Morgan fingerprint density at radius 1 is 0.947 bits per heavy atom. The molecule has 3 aromatic rings. The maximum atomic E-state index is 14.0. The van der Waals surface area contributed by atoms with E-state index in [2.05, 4.69) is 10.3 Å². The number of pyridine rings is 1. The largest absolute Gasteiger partial charge is 0.490 e. The van der Waals surface area contributed by atoms with Gasteiger partial charge in [0.05, 0.1) is 29.8 Å². The van der Waals surface area contributed by atoms with Crippen molar-refractivity contribution in [3.63, 3.8) is 0 Å². The second-order valence-corrected chi connectivity index (χ2v) is 9.03. The lowest BCUT2D eigenvalue weighted by molar-refractivity contribution is -0.185. The van der Waals surface area contributed by atoms with Crippen molar-refractivity contribution in [3.8, 4) is 5.75 Å². The highest BCUT2D eigenvalue weighted by atomic mass is 19.4. The molecule has 2 aromatic carbocycles. The molecule has 202 valence electrons. The number of nitrogens with zero attached hydrogens (tertiary/aromatic N) is 1. The van der Waals surface area contributed by atoms with Crippen LogP contribution in [-0.2, 0) is 12.7 Å². The first-order valence-electron chi connectivity index (χ1n) is 11.7. The van der Waals surface area contributed by atoms with E-state index in [1.807, 2.05) is 0 Å². The van der Waals surface area contributed by atoms with Crippen LogP contribution in [0.5, 0.6) is 5.75 Å². The van der Waals surface area contributed by atoms with Gasteiger partial charge in [-0.3, -0.25) is 9.78 Å². The topological polar surface area (TPSA) is 88.5 Å². The number of carbonyl (C=O) groups excluding carboxylic acids is 1. The van der Waals surface area contributed by atoms with Crippen molar-refractivity contribution < 1.29 is 45.8 Å². The molecule has 1 saturated carbocycles. The zero-order valence-corrected chi connectivity index (χ0v) is 19.7. The molecule has 0 radical (unpaired) electrons. The molecule has 4 rings (SSSR count). The van der Waals surface area contributed by atoms with Gasteiger partial charge in [-0.2, -0.15) is 26.3 Å². The van der Waals surface area contributed by atoms with Crippen LogP contribution in [0, 0.1) is 5.92 Å². The molecule has 0 spiro atoms. The van der Waals surface area contributed by atoms with Crippen molar-refractivity contribution in [2.24, 2.45) is 5.92 Å². The Morgan fingerprint density at radius 3 is 2.21 bits per heavy atom. The van der Waals surface area contributed by atoms with Crippen LogP contribution < -0.4 is 10.1 Å². The highest BCUT2D eigenvalue weighted by Gasteiger charge is 2.42. The molecular formula is C26H22F6N2O4. The lowest BCUT2D eigenvalue weighted by Crippen LogP contribution is -2.32. The van der Waals surface area contributed by atoms with Gasteiger partial charge in [-0.25, -0.2) is 4.79 Å². The van der Waals surface area contributed by atoms with Gasteiger partial charge in [0.15, 0.2) is 0 Å².